The molecule has 1 atom stereocenters. The predicted molar refractivity (Wildman–Crippen MR) is 56.0 cm³/mol. The van der Waals surface area contributed by atoms with Crippen LogP contribution in [0.25, 0.3) is 0 Å². The normalized spacial score (nSPS) is 11.8. The number of nitrogens with two attached hydrogens (primary N) is 1. The minimum absolute atomic E-state index is 0.0389. The number of carboxylic acids is 1. The van der Waals surface area contributed by atoms with Gasteiger partial charge < -0.3 is 16.2 Å². The summed E-state index contributed by atoms with van der Waals surface area (Å²) in [6.07, 6.45) is 1.41. The molecule has 0 bridgehead atoms. The maximum absolute atomic E-state index is 10.8. The number of nitrogens with zero attached hydrogens (tertiary/aromatic N) is 2. The van der Waals surface area contributed by atoms with Crippen LogP contribution in [0.4, 0.5) is 0 Å². The number of carbonyl (C=O) groups is 3. The molecular weight excluding hydrogens is 228 g/mol. The van der Waals surface area contributed by atoms with Crippen molar-refractivity contribution in [2.45, 2.75) is 19.5 Å². The van der Waals surface area contributed by atoms with Crippen molar-refractivity contribution in [3.63, 3.8) is 0 Å². The third kappa shape index (κ3) is 3.59. The number of primary amides is 1. The summed E-state index contributed by atoms with van der Waals surface area (Å²) in [4.78, 5) is 32.4. The van der Waals surface area contributed by atoms with E-state index < -0.39 is 23.8 Å². The summed E-state index contributed by atoms with van der Waals surface area (Å²) in [5, 5.41) is 14.9. The second-order valence-corrected chi connectivity index (χ2v) is 3.38. The SMILES string of the molecule is CC(=O)NC(Cn1ccc(C(N)=O)n1)C(=O)O. The van der Waals surface area contributed by atoms with E-state index in [0.29, 0.717) is 0 Å². The first kappa shape index (κ1) is 12.7. The minimum atomic E-state index is -1.18. The first-order chi connectivity index (χ1) is 7.90. The van der Waals surface area contributed by atoms with Crippen molar-refractivity contribution in [3.8, 4) is 0 Å². The lowest BCUT2D eigenvalue weighted by Crippen LogP contribution is -2.42. The minimum Gasteiger partial charge on any atom is -0.480 e. The van der Waals surface area contributed by atoms with E-state index in [0.717, 1.165) is 0 Å². The van der Waals surface area contributed by atoms with Crippen LogP contribution in [-0.4, -0.2) is 38.7 Å². The Morgan fingerprint density at radius 3 is 2.65 bits per heavy atom. The Balaban J connectivity index is 2.75. The first-order valence-electron chi connectivity index (χ1n) is 4.73. The van der Waals surface area contributed by atoms with Gasteiger partial charge in [0.2, 0.25) is 5.91 Å². The van der Waals surface area contributed by atoms with Crippen molar-refractivity contribution in [2.75, 3.05) is 0 Å². The topological polar surface area (TPSA) is 127 Å². The number of nitrogens with one attached hydrogen (secondary N) is 1. The lowest BCUT2D eigenvalue weighted by Gasteiger charge is -2.12. The molecule has 1 aromatic rings. The van der Waals surface area contributed by atoms with Gasteiger partial charge in [-0.25, -0.2) is 4.79 Å². The molecule has 8 heteroatoms. The fourth-order valence-corrected chi connectivity index (χ4v) is 1.21. The molecule has 0 fully saturated rings. The van der Waals surface area contributed by atoms with Gasteiger partial charge in [0, 0.05) is 13.1 Å². The summed E-state index contributed by atoms with van der Waals surface area (Å²) in [7, 11) is 0. The van der Waals surface area contributed by atoms with E-state index in [1.54, 1.807) is 0 Å². The van der Waals surface area contributed by atoms with Gasteiger partial charge >= 0.3 is 5.97 Å². The number of aromatic nitrogens is 2. The summed E-state index contributed by atoms with van der Waals surface area (Å²) in [5.74, 6) is -2.34. The van der Waals surface area contributed by atoms with Gasteiger partial charge in [-0.2, -0.15) is 5.10 Å². The van der Waals surface area contributed by atoms with E-state index in [9.17, 15) is 14.4 Å². The van der Waals surface area contributed by atoms with Gasteiger partial charge in [-0.3, -0.25) is 14.3 Å². The monoisotopic (exact) mass is 240 g/mol. The van der Waals surface area contributed by atoms with Crippen molar-refractivity contribution in [1.29, 1.82) is 0 Å². The van der Waals surface area contributed by atoms with Gasteiger partial charge in [-0.05, 0) is 6.07 Å². The van der Waals surface area contributed by atoms with Crippen molar-refractivity contribution in [2.24, 2.45) is 5.73 Å². The van der Waals surface area contributed by atoms with E-state index in [1.807, 2.05) is 0 Å². The van der Waals surface area contributed by atoms with Crippen LogP contribution in [0.3, 0.4) is 0 Å². The quantitative estimate of drug-likeness (QED) is 0.581. The maximum atomic E-state index is 10.8. The molecule has 1 rings (SSSR count). The molecule has 1 heterocycles. The number of hydrogen-bond donors (Lipinski definition) is 3. The van der Waals surface area contributed by atoms with E-state index in [1.165, 1.54) is 23.9 Å². The number of hydrogen-bond acceptors (Lipinski definition) is 4. The molecule has 0 aliphatic rings. The summed E-state index contributed by atoms with van der Waals surface area (Å²) in [6.45, 7) is 1.13. The van der Waals surface area contributed by atoms with E-state index >= 15 is 0 Å². The Labute approximate surface area is 96.4 Å². The zero-order valence-corrected chi connectivity index (χ0v) is 9.08. The molecule has 0 saturated heterocycles. The summed E-state index contributed by atoms with van der Waals surface area (Å²) in [5.41, 5.74) is 5.04. The smallest absolute Gasteiger partial charge is 0.328 e. The third-order valence-corrected chi connectivity index (χ3v) is 1.94. The molecule has 4 N–H and O–H groups in total. The molecular formula is C9H12N4O4. The third-order valence-electron chi connectivity index (χ3n) is 1.94. The van der Waals surface area contributed by atoms with Crippen molar-refractivity contribution in [3.05, 3.63) is 18.0 Å². The Hall–Kier alpha value is -2.38. The molecule has 92 valence electrons. The Bertz CT molecular complexity index is 454. The molecule has 0 aliphatic heterocycles. The maximum Gasteiger partial charge on any atom is 0.328 e. The lowest BCUT2D eigenvalue weighted by atomic mass is 10.3. The molecule has 17 heavy (non-hydrogen) atoms. The molecule has 0 aliphatic carbocycles. The average molecular weight is 240 g/mol. The van der Waals surface area contributed by atoms with Crippen LogP contribution in [0.2, 0.25) is 0 Å². The lowest BCUT2D eigenvalue weighted by molar-refractivity contribution is -0.142. The largest absolute Gasteiger partial charge is 0.480 e. The second kappa shape index (κ2) is 5.10. The van der Waals surface area contributed by atoms with Crippen LogP contribution in [-0.2, 0) is 16.1 Å². The fraction of sp³-hybridized carbons (Fsp3) is 0.333. The number of aliphatic carboxylic acids is 1. The Kier molecular flexibility index (Phi) is 3.81. The summed E-state index contributed by atoms with van der Waals surface area (Å²) < 4.78 is 1.23. The van der Waals surface area contributed by atoms with Crippen LogP contribution < -0.4 is 11.1 Å². The van der Waals surface area contributed by atoms with E-state index in [4.69, 9.17) is 10.8 Å². The molecule has 1 aromatic heterocycles. The molecule has 0 radical (unpaired) electrons. The zero-order chi connectivity index (χ0) is 13.0. The van der Waals surface area contributed by atoms with Gasteiger partial charge in [0.15, 0.2) is 0 Å². The summed E-state index contributed by atoms with van der Waals surface area (Å²) in [6, 6.07) is 0.266. The van der Waals surface area contributed by atoms with Crippen molar-refractivity contribution >= 4 is 17.8 Å². The molecule has 8 nitrogen and oxygen atoms in total. The average Bonchev–Trinajstić information content (AvgIpc) is 2.64. The van der Waals surface area contributed by atoms with Crippen LogP contribution in [0.15, 0.2) is 12.3 Å². The second-order valence-electron chi connectivity index (χ2n) is 3.38. The number of carbonyl (C=O) groups excluding carboxylic acids is 2. The van der Waals surface area contributed by atoms with Gasteiger partial charge in [0.05, 0.1) is 6.54 Å². The van der Waals surface area contributed by atoms with E-state index in [2.05, 4.69) is 10.4 Å². The number of carboxylic acid groups (broad SMARTS) is 1. The van der Waals surface area contributed by atoms with Crippen LogP contribution >= 0.6 is 0 Å². The van der Waals surface area contributed by atoms with E-state index in [-0.39, 0.29) is 12.2 Å². The standard InChI is InChI=1S/C9H12N4O4/c1-5(14)11-7(9(16)17)4-13-3-2-6(12-13)8(10)15/h2-3,7H,4H2,1H3,(H2,10,15)(H,11,14)(H,16,17). The van der Waals surface area contributed by atoms with Gasteiger partial charge in [-0.15, -0.1) is 0 Å². The van der Waals surface area contributed by atoms with Crippen molar-refractivity contribution < 1.29 is 19.5 Å². The van der Waals surface area contributed by atoms with Crippen molar-refractivity contribution in [1.82, 2.24) is 15.1 Å². The molecule has 1 unspecified atom stereocenters. The molecule has 0 spiro atoms. The number of rotatable bonds is 5. The highest BCUT2D eigenvalue weighted by Gasteiger charge is 2.19. The van der Waals surface area contributed by atoms with Gasteiger partial charge in [0.25, 0.3) is 5.91 Å². The predicted octanol–water partition coefficient (Wildman–Crippen LogP) is -1.43. The van der Waals surface area contributed by atoms with Crippen LogP contribution in [0, 0.1) is 0 Å². The van der Waals surface area contributed by atoms with Crippen LogP contribution in [0.1, 0.15) is 17.4 Å². The first-order valence-corrected chi connectivity index (χ1v) is 4.73. The number of amides is 2. The summed E-state index contributed by atoms with van der Waals surface area (Å²) >= 11 is 0. The highest BCUT2D eigenvalue weighted by atomic mass is 16.4. The Morgan fingerprint density at radius 2 is 2.24 bits per heavy atom. The molecule has 0 aromatic carbocycles. The highest BCUT2D eigenvalue weighted by Crippen LogP contribution is 1.97. The van der Waals surface area contributed by atoms with Gasteiger partial charge in [-0.1, -0.05) is 0 Å². The molecule has 2 amide bonds. The Morgan fingerprint density at radius 1 is 1.59 bits per heavy atom. The zero-order valence-electron chi connectivity index (χ0n) is 9.08. The van der Waals surface area contributed by atoms with Crippen LogP contribution in [0.5, 0.6) is 0 Å². The fourth-order valence-electron chi connectivity index (χ4n) is 1.21. The molecule has 0 saturated carbocycles. The van der Waals surface area contributed by atoms with Gasteiger partial charge in [0.1, 0.15) is 11.7 Å². The highest BCUT2D eigenvalue weighted by molar-refractivity contribution is 5.90.